The highest BCUT2D eigenvalue weighted by atomic mass is 32.2. The molecule has 0 unspecified atom stereocenters. The van der Waals surface area contributed by atoms with Crippen LogP contribution in [0.3, 0.4) is 0 Å². The van der Waals surface area contributed by atoms with Crippen LogP contribution in [-0.4, -0.2) is 23.8 Å². The van der Waals surface area contributed by atoms with E-state index in [2.05, 4.69) is 43.2 Å². The van der Waals surface area contributed by atoms with Gasteiger partial charge in [-0.2, -0.15) is 0 Å². The molecule has 0 spiro atoms. The number of rotatable bonds is 6. The van der Waals surface area contributed by atoms with Gasteiger partial charge in [0.1, 0.15) is 0 Å². The van der Waals surface area contributed by atoms with Crippen molar-refractivity contribution in [2.75, 3.05) is 18.8 Å². The van der Waals surface area contributed by atoms with E-state index in [1.807, 2.05) is 24.2 Å². The number of pyridine rings is 1. The Labute approximate surface area is 103 Å². The Morgan fingerprint density at radius 3 is 2.50 bits per heavy atom. The van der Waals surface area contributed by atoms with E-state index in [4.69, 9.17) is 0 Å². The van der Waals surface area contributed by atoms with E-state index in [1.54, 1.807) is 0 Å². The van der Waals surface area contributed by atoms with Gasteiger partial charge in [-0.3, -0.25) is 4.98 Å². The van der Waals surface area contributed by atoms with E-state index in [0.717, 1.165) is 18.8 Å². The summed E-state index contributed by atoms with van der Waals surface area (Å²) >= 11 is 1.88. The number of thioether (sulfide) groups is 1. The summed E-state index contributed by atoms with van der Waals surface area (Å²) in [7, 11) is 0. The summed E-state index contributed by atoms with van der Waals surface area (Å²) in [5.74, 6) is 1.12. The standard InChI is InChI=1S/C13H22N2S/c1-13(2,3)6-9-15-10-11-16-12-4-7-14-8-5-12/h4-5,7-8,15H,6,9-11H2,1-3H3. The monoisotopic (exact) mass is 238 g/mol. The molecule has 1 aromatic rings. The highest BCUT2D eigenvalue weighted by molar-refractivity contribution is 7.99. The Balaban J connectivity index is 2.01. The Kier molecular flexibility index (Phi) is 5.85. The Hall–Kier alpha value is -0.540. The van der Waals surface area contributed by atoms with Gasteiger partial charge in [0.25, 0.3) is 0 Å². The van der Waals surface area contributed by atoms with Crippen LogP contribution in [0.1, 0.15) is 27.2 Å². The molecule has 1 aromatic heterocycles. The SMILES string of the molecule is CC(C)(C)CCNCCSc1ccncc1. The topological polar surface area (TPSA) is 24.9 Å². The molecule has 0 atom stereocenters. The number of nitrogens with zero attached hydrogens (tertiary/aromatic N) is 1. The van der Waals surface area contributed by atoms with Crippen LogP contribution >= 0.6 is 11.8 Å². The third kappa shape index (κ3) is 6.85. The maximum Gasteiger partial charge on any atom is 0.0278 e. The molecule has 0 aromatic carbocycles. The van der Waals surface area contributed by atoms with Crippen molar-refractivity contribution in [3.05, 3.63) is 24.5 Å². The molecular formula is C13H22N2S. The fourth-order valence-electron chi connectivity index (χ4n) is 1.26. The Bertz CT molecular complexity index is 280. The molecule has 0 bridgehead atoms. The molecule has 1 N–H and O–H groups in total. The Morgan fingerprint density at radius 2 is 1.88 bits per heavy atom. The first kappa shape index (κ1) is 13.5. The minimum atomic E-state index is 0.436. The summed E-state index contributed by atoms with van der Waals surface area (Å²) in [6.07, 6.45) is 4.91. The largest absolute Gasteiger partial charge is 0.316 e. The molecule has 16 heavy (non-hydrogen) atoms. The summed E-state index contributed by atoms with van der Waals surface area (Å²) in [6, 6.07) is 4.11. The molecule has 1 heterocycles. The average molecular weight is 238 g/mol. The van der Waals surface area contributed by atoms with Crippen LogP contribution < -0.4 is 5.32 Å². The molecule has 0 radical (unpaired) electrons. The molecule has 0 fully saturated rings. The number of aromatic nitrogens is 1. The van der Waals surface area contributed by atoms with Crippen LogP contribution in [0.25, 0.3) is 0 Å². The lowest BCUT2D eigenvalue weighted by Crippen LogP contribution is -2.22. The van der Waals surface area contributed by atoms with Crippen LogP contribution in [0.15, 0.2) is 29.4 Å². The third-order valence-electron chi connectivity index (χ3n) is 2.25. The van der Waals surface area contributed by atoms with Gasteiger partial charge in [0.2, 0.25) is 0 Å². The lowest BCUT2D eigenvalue weighted by atomic mass is 9.92. The van der Waals surface area contributed by atoms with Crippen molar-refractivity contribution >= 4 is 11.8 Å². The first-order valence-electron chi connectivity index (χ1n) is 5.81. The quantitative estimate of drug-likeness (QED) is 0.608. The molecule has 0 aliphatic heterocycles. The highest BCUT2D eigenvalue weighted by Crippen LogP contribution is 2.17. The van der Waals surface area contributed by atoms with Crippen molar-refractivity contribution in [2.45, 2.75) is 32.1 Å². The molecule has 0 amide bonds. The summed E-state index contributed by atoms with van der Waals surface area (Å²) in [5.41, 5.74) is 0.436. The van der Waals surface area contributed by atoms with E-state index >= 15 is 0 Å². The van der Waals surface area contributed by atoms with Crippen LogP contribution in [-0.2, 0) is 0 Å². The van der Waals surface area contributed by atoms with E-state index < -0.39 is 0 Å². The maximum absolute atomic E-state index is 4.00. The summed E-state index contributed by atoms with van der Waals surface area (Å²) in [4.78, 5) is 5.30. The zero-order valence-electron chi connectivity index (χ0n) is 10.5. The van der Waals surface area contributed by atoms with E-state index in [-0.39, 0.29) is 0 Å². The normalized spacial score (nSPS) is 11.7. The van der Waals surface area contributed by atoms with Gasteiger partial charge in [-0.1, -0.05) is 20.8 Å². The van der Waals surface area contributed by atoms with Gasteiger partial charge >= 0.3 is 0 Å². The second-order valence-electron chi connectivity index (χ2n) is 5.09. The highest BCUT2D eigenvalue weighted by Gasteiger charge is 2.08. The zero-order chi connectivity index (χ0) is 11.9. The zero-order valence-corrected chi connectivity index (χ0v) is 11.3. The van der Waals surface area contributed by atoms with Gasteiger partial charge in [-0.05, 0) is 30.5 Å². The maximum atomic E-state index is 4.00. The van der Waals surface area contributed by atoms with Gasteiger partial charge in [-0.25, -0.2) is 0 Å². The van der Waals surface area contributed by atoms with Crippen molar-refractivity contribution in [3.63, 3.8) is 0 Å². The minimum absolute atomic E-state index is 0.436. The smallest absolute Gasteiger partial charge is 0.0278 e. The number of hydrogen-bond acceptors (Lipinski definition) is 3. The molecule has 90 valence electrons. The molecule has 0 aliphatic rings. The third-order valence-corrected chi connectivity index (χ3v) is 3.26. The fraction of sp³-hybridized carbons (Fsp3) is 0.615. The van der Waals surface area contributed by atoms with Gasteiger partial charge in [-0.15, -0.1) is 11.8 Å². The van der Waals surface area contributed by atoms with Crippen molar-refractivity contribution in [2.24, 2.45) is 5.41 Å². The van der Waals surface area contributed by atoms with Crippen molar-refractivity contribution < 1.29 is 0 Å². The number of nitrogens with one attached hydrogen (secondary N) is 1. The second-order valence-corrected chi connectivity index (χ2v) is 6.26. The molecule has 0 aliphatic carbocycles. The molecule has 3 heteroatoms. The van der Waals surface area contributed by atoms with Crippen LogP contribution in [0.4, 0.5) is 0 Å². The van der Waals surface area contributed by atoms with Crippen LogP contribution in [0, 0.1) is 5.41 Å². The first-order chi connectivity index (χ1) is 7.58. The van der Waals surface area contributed by atoms with Gasteiger partial charge in [0.05, 0.1) is 0 Å². The second kappa shape index (κ2) is 6.92. The molecule has 1 rings (SSSR count). The number of hydrogen-bond donors (Lipinski definition) is 1. The van der Waals surface area contributed by atoms with Gasteiger partial charge < -0.3 is 5.32 Å². The fourth-order valence-corrected chi connectivity index (χ4v) is 2.06. The van der Waals surface area contributed by atoms with Crippen molar-refractivity contribution in [1.82, 2.24) is 10.3 Å². The van der Waals surface area contributed by atoms with E-state index in [0.29, 0.717) is 5.41 Å². The van der Waals surface area contributed by atoms with Crippen LogP contribution in [0.5, 0.6) is 0 Å². The van der Waals surface area contributed by atoms with E-state index in [1.165, 1.54) is 11.3 Å². The summed E-state index contributed by atoms with van der Waals surface area (Å²) in [6.45, 7) is 9.02. The first-order valence-corrected chi connectivity index (χ1v) is 6.80. The molecule has 2 nitrogen and oxygen atoms in total. The molecular weight excluding hydrogens is 216 g/mol. The van der Waals surface area contributed by atoms with E-state index in [9.17, 15) is 0 Å². The van der Waals surface area contributed by atoms with Crippen molar-refractivity contribution in [1.29, 1.82) is 0 Å². The lowest BCUT2D eigenvalue weighted by molar-refractivity contribution is 0.369. The molecule has 0 saturated heterocycles. The lowest BCUT2D eigenvalue weighted by Gasteiger charge is -2.17. The summed E-state index contributed by atoms with van der Waals surface area (Å²) < 4.78 is 0. The summed E-state index contributed by atoms with van der Waals surface area (Å²) in [5, 5.41) is 3.48. The Morgan fingerprint density at radius 1 is 1.19 bits per heavy atom. The predicted octanol–water partition coefficient (Wildman–Crippen LogP) is 3.20. The van der Waals surface area contributed by atoms with Crippen LogP contribution in [0.2, 0.25) is 0 Å². The molecule has 0 saturated carbocycles. The predicted molar refractivity (Wildman–Crippen MR) is 71.9 cm³/mol. The van der Waals surface area contributed by atoms with Gasteiger partial charge in [0, 0.05) is 29.6 Å². The van der Waals surface area contributed by atoms with Crippen molar-refractivity contribution in [3.8, 4) is 0 Å². The van der Waals surface area contributed by atoms with Gasteiger partial charge in [0.15, 0.2) is 0 Å². The average Bonchev–Trinajstić information content (AvgIpc) is 2.23. The minimum Gasteiger partial charge on any atom is -0.316 e.